The molecule has 0 radical (unpaired) electrons. The maximum Gasteiger partial charge on any atom is 0.269 e. The number of nitrogens with zero attached hydrogens (tertiary/aromatic N) is 2. The number of carbonyl (C=O) groups is 1. The van der Waals surface area contributed by atoms with Crippen molar-refractivity contribution in [3.05, 3.63) is 65.9 Å². The number of aliphatic hydroxyl groups is 1. The minimum absolute atomic E-state index is 0.0683. The van der Waals surface area contributed by atoms with E-state index in [9.17, 15) is 9.90 Å². The number of rotatable bonds is 7. The van der Waals surface area contributed by atoms with Crippen molar-refractivity contribution in [1.82, 2.24) is 15.1 Å². The van der Waals surface area contributed by atoms with Gasteiger partial charge in [-0.05, 0) is 36.8 Å². The summed E-state index contributed by atoms with van der Waals surface area (Å²) >= 11 is 0. The summed E-state index contributed by atoms with van der Waals surface area (Å²) in [6.45, 7) is 1.73. The smallest absolute Gasteiger partial charge is 0.269 e. The van der Waals surface area contributed by atoms with Gasteiger partial charge in [0, 0.05) is 12.6 Å². The summed E-state index contributed by atoms with van der Waals surface area (Å²) in [7, 11) is 4.86. The molecule has 2 N–H and O–H groups in total. The number of hydrogen-bond acceptors (Lipinski definition) is 5. The van der Waals surface area contributed by atoms with Crippen LogP contribution in [0.15, 0.2) is 54.6 Å². The Kier molecular flexibility index (Phi) is 5.89. The first kappa shape index (κ1) is 20.4. The highest BCUT2D eigenvalue weighted by molar-refractivity contribution is 5.94. The molecule has 0 fully saturated rings. The first-order chi connectivity index (χ1) is 13.9. The average Bonchev–Trinajstić information content (AvgIpc) is 3.13. The largest absolute Gasteiger partial charge is 0.497 e. The first-order valence-corrected chi connectivity index (χ1v) is 9.18. The Labute approximate surface area is 169 Å². The number of aromatic nitrogens is 2. The van der Waals surface area contributed by atoms with Crippen LogP contribution in [0.3, 0.4) is 0 Å². The van der Waals surface area contributed by atoms with Gasteiger partial charge in [0.05, 0.1) is 26.5 Å². The molecule has 0 saturated heterocycles. The van der Waals surface area contributed by atoms with Gasteiger partial charge in [-0.1, -0.05) is 30.3 Å². The lowest BCUT2D eigenvalue weighted by Crippen LogP contribution is -2.39. The zero-order valence-electron chi connectivity index (χ0n) is 17.0. The molecular weight excluding hydrogens is 370 g/mol. The van der Waals surface area contributed by atoms with E-state index >= 15 is 0 Å². The maximum atomic E-state index is 12.7. The minimum Gasteiger partial charge on any atom is -0.497 e. The van der Waals surface area contributed by atoms with Gasteiger partial charge in [0.1, 0.15) is 22.8 Å². The van der Waals surface area contributed by atoms with Gasteiger partial charge < -0.3 is 19.9 Å². The highest BCUT2D eigenvalue weighted by Crippen LogP contribution is 2.33. The molecule has 2 aromatic carbocycles. The highest BCUT2D eigenvalue weighted by atomic mass is 16.5. The number of carbonyl (C=O) groups excluding carboxylic acids is 1. The van der Waals surface area contributed by atoms with Crippen LogP contribution in [0.2, 0.25) is 0 Å². The van der Waals surface area contributed by atoms with Crippen LogP contribution in [0.5, 0.6) is 11.5 Å². The molecule has 1 heterocycles. The summed E-state index contributed by atoms with van der Waals surface area (Å²) in [5.74, 6) is 0.962. The SMILES string of the molecule is COc1ccc(OC)c(-c2cc(C(=O)NCC(C)(O)c3ccccc3)n(C)n2)c1. The van der Waals surface area contributed by atoms with E-state index in [0.29, 0.717) is 22.9 Å². The third-order valence-corrected chi connectivity index (χ3v) is 4.78. The van der Waals surface area contributed by atoms with Crippen LogP contribution in [0.1, 0.15) is 23.0 Å². The van der Waals surface area contributed by atoms with Gasteiger partial charge >= 0.3 is 0 Å². The number of hydrogen-bond donors (Lipinski definition) is 2. The van der Waals surface area contributed by atoms with Gasteiger partial charge in [-0.2, -0.15) is 5.10 Å². The fourth-order valence-electron chi connectivity index (χ4n) is 3.07. The van der Waals surface area contributed by atoms with Crippen molar-refractivity contribution in [1.29, 1.82) is 0 Å². The van der Waals surface area contributed by atoms with Crippen LogP contribution in [-0.2, 0) is 12.6 Å². The summed E-state index contributed by atoms with van der Waals surface area (Å²) in [4.78, 5) is 12.7. The van der Waals surface area contributed by atoms with Crippen molar-refractivity contribution >= 4 is 5.91 Å². The Morgan fingerprint density at radius 2 is 1.86 bits per heavy atom. The van der Waals surface area contributed by atoms with Crippen molar-refractivity contribution in [3.8, 4) is 22.8 Å². The van der Waals surface area contributed by atoms with Crippen molar-refractivity contribution < 1.29 is 19.4 Å². The lowest BCUT2D eigenvalue weighted by Gasteiger charge is -2.24. The second kappa shape index (κ2) is 8.36. The molecule has 1 amide bonds. The molecule has 7 heteroatoms. The molecule has 0 aliphatic rings. The van der Waals surface area contributed by atoms with Crippen LogP contribution >= 0.6 is 0 Å². The van der Waals surface area contributed by atoms with Gasteiger partial charge in [-0.3, -0.25) is 9.48 Å². The molecular formula is C22H25N3O4. The van der Waals surface area contributed by atoms with E-state index in [4.69, 9.17) is 9.47 Å². The maximum absolute atomic E-state index is 12.7. The van der Waals surface area contributed by atoms with Crippen molar-refractivity contribution in [2.45, 2.75) is 12.5 Å². The predicted molar refractivity (Wildman–Crippen MR) is 110 cm³/mol. The Balaban J connectivity index is 1.81. The van der Waals surface area contributed by atoms with Gasteiger partial charge in [0.25, 0.3) is 5.91 Å². The summed E-state index contributed by atoms with van der Waals surface area (Å²) in [6, 6.07) is 16.3. The zero-order valence-corrected chi connectivity index (χ0v) is 17.0. The molecule has 1 atom stereocenters. The molecule has 0 aliphatic heterocycles. The summed E-state index contributed by atoms with van der Waals surface area (Å²) in [6.07, 6.45) is 0. The molecule has 0 bridgehead atoms. The minimum atomic E-state index is -1.19. The Bertz CT molecular complexity index is 997. The number of methoxy groups -OCH3 is 2. The molecule has 3 rings (SSSR count). The van der Waals surface area contributed by atoms with Crippen molar-refractivity contribution in [2.24, 2.45) is 7.05 Å². The molecule has 0 saturated carbocycles. The third kappa shape index (κ3) is 4.41. The van der Waals surface area contributed by atoms with E-state index in [1.807, 2.05) is 36.4 Å². The predicted octanol–water partition coefficient (Wildman–Crippen LogP) is 2.74. The zero-order chi connectivity index (χ0) is 21.0. The molecule has 0 aliphatic carbocycles. The Morgan fingerprint density at radius 1 is 1.14 bits per heavy atom. The second-order valence-electron chi connectivity index (χ2n) is 6.93. The number of amides is 1. The monoisotopic (exact) mass is 395 g/mol. The standard InChI is InChI=1S/C22H25N3O4/c1-22(27,15-8-6-5-7-9-15)14-23-21(26)19-13-18(24-25(19)2)17-12-16(28-3)10-11-20(17)29-4/h5-13,27H,14H2,1-4H3,(H,23,26). The highest BCUT2D eigenvalue weighted by Gasteiger charge is 2.25. The fourth-order valence-corrected chi connectivity index (χ4v) is 3.07. The molecule has 3 aromatic rings. The van der Waals surface area contributed by atoms with Crippen LogP contribution < -0.4 is 14.8 Å². The first-order valence-electron chi connectivity index (χ1n) is 9.18. The second-order valence-corrected chi connectivity index (χ2v) is 6.93. The van der Waals surface area contributed by atoms with E-state index in [1.54, 1.807) is 46.4 Å². The van der Waals surface area contributed by atoms with E-state index < -0.39 is 5.60 Å². The molecule has 29 heavy (non-hydrogen) atoms. The van der Waals surface area contributed by atoms with E-state index in [2.05, 4.69) is 10.4 Å². The van der Waals surface area contributed by atoms with Gasteiger partial charge in [0.15, 0.2) is 0 Å². The normalized spacial score (nSPS) is 12.9. The number of ether oxygens (including phenoxy) is 2. The van der Waals surface area contributed by atoms with Crippen LogP contribution in [-0.4, -0.2) is 41.6 Å². The fraction of sp³-hybridized carbons (Fsp3) is 0.273. The van der Waals surface area contributed by atoms with Gasteiger partial charge in [-0.15, -0.1) is 0 Å². The molecule has 152 valence electrons. The third-order valence-electron chi connectivity index (χ3n) is 4.78. The van der Waals surface area contributed by atoms with Crippen molar-refractivity contribution in [2.75, 3.05) is 20.8 Å². The molecule has 0 spiro atoms. The van der Waals surface area contributed by atoms with E-state index in [1.165, 1.54) is 4.68 Å². The number of aryl methyl sites for hydroxylation is 1. The average molecular weight is 395 g/mol. The molecule has 7 nitrogen and oxygen atoms in total. The summed E-state index contributed by atoms with van der Waals surface area (Å²) < 4.78 is 12.2. The molecule has 1 unspecified atom stereocenters. The van der Waals surface area contributed by atoms with Gasteiger partial charge in [-0.25, -0.2) is 0 Å². The van der Waals surface area contributed by atoms with E-state index in [-0.39, 0.29) is 12.5 Å². The van der Waals surface area contributed by atoms with Gasteiger partial charge in [0.2, 0.25) is 0 Å². The quantitative estimate of drug-likeness (QED) is 0.643. The number of benzene rings is 2. The van der Waals surface area contributed by atoms with Crippen molar-refractivity contribution in [3.63, 3.8) is 0 Å². The van der Waals surface area contributed by atoms with Crippen LogP contribution in [0, 0.1) is 0 Å². The summed E-state index contributed by atoms with van der Waals surface area (Å²) in [5.41, 5.74) is 1.22. The Hall–Kier alpha value is -3.32. The number of nitrogens with one attached hydrogen (secondary N) is 1. The Morgan fingerprint density at radius 3 is 2.52 bits per heavy atom. The van der Waals surface area contributed by atoms with Crippen LogP contribution in [0.25, 0.3) is 11.3 Å². The lowest BCUT2D eigenvalue weighted by molar-refractivity contribution is 0.0523. The lowest BCUT2D eigenvalue weighted by atomic mass is 9.96. The topological polar surface area (TPSA) is 85.6 Å². The molecule has 1 aromatic heterocycles. The van der Waals surface area contributed by atoms with E-state index in [0.717, 1.165) is 11.1 Å². The van der Waals surface area contributed by atoms with Crippen LogP contribution in [0.4, 0.5) is 0 Å². The summed E-state index contributed by atoms with van der Waals surface area (Å²) in [5, 5.41) is 17.9.